The molecule has 1 aromatic carbocycles. The summed E-state index contributed by atoms with van der Waals surface area (Å²) in [7, 11) is 0. The average molecular weight is 273 g/mol. The van der Waals surface area contributed by atoms with Crippen molar-refractivity contribution in [1.29, 1.82) is 0 Å². The van der Waals surface area contributed by atoms with Gasteiger partial charge in [0.1, 0.15) is 0 Å². The number of hydrogen-bond donors (Lipinski definition) is 1. The molecule has 0 spiro atoms. The molecule has 2 rings (SSSR count). The van der Waals surface area contributed by atoms with Crippen LogP contribution in [0.4, 0.5) is 0 Å². The van der Waals surface area contributed by atoms with Crippen LogP contribution in [-0.4, -0.2) is 42.9 Å². The second-order valence-corrected chi connectivity index (χ2v) is 5.42. The van der Waals surface area contributed by atoms with Gasteiger partial charge < -0.3 is 5.32 Å². The first-order valence-electron chi connectivity index (χ1n) is 5.99. The number of nitrogens with zero attached hydrogens (tertiary/aromatic N) is 1. The summed E-state index contributed by atoms with van der Waals surface area (Å²) < 4.78 is 0. The Morgan fingerprint density at radius 3 is 2.82 bits per heavy atom. The third kappa shape index (κ3) is 4.88. The molecule has 96 valence electrons. The minimum absolute atomic E-state index is 0. The van der Waals surface area contributed by atoms with Crippen molar-refractivity contribution >= 4 is 24.2 Å². The molecule has 0 amide bonds. The van der Waals surface area contributed by atoms with Crippen molar-refractivity contribution in [3.05, 3.63) is 30.3 Å². The van der Waals surface area contributed by atoms with Gasteiger partial charge in [-0.15, -0.1) is 24.2 Å². The monoisotopic (exact) mass is 272 g/mol. The van der Waals surface area contributed by atoms with Crippen LogP contribution in [-0.2, 0) is 0 Å². The summed E-state index contributed by atoms with van der Waals surface area (Å²) in [6.45, 7) is 6.97. The topological polar surface area (TPSA) is 15.3 Å². The van der Waals surface area contributed by atoms with E-state index < -0.39 is 0 Å². The Labute approximate surface area is 115 Å². The molecule has 2 nitrogen and oxygen atoms in total. The van der Waals surface area contributed by atoms with Crippen LogP contribution in [0.15, 0.2) is 35.2 Å². The molecule has 1 aliphatic heterocycles. The van der Waals surface area contributed by atoms with E-state index in [0.29, 0.717) is 6.04 Å². The van der Waals surface area contributed by atoms with Crippen LogP contribution in [0.2, 0.25) is 0 Å². The second-order valence-electron chi connectivity index (χ2n) is 4.25. The summed E-state index contributed by atoms with van der Waals surface area (Å²) in [6, 6.07) is 11.3. The van der Waals surface area contributed by atoms with E-state index in [-0.39, 0.29) is 12.4 Å². The lowest BCUT2D eigenvalue weighted by molar-refractivity contribution is 0.185. The van der Waals surface area contributed by atoms with Crippen LogP contribution >= 0.6 is 24.2 Å². The minimum Gasteiger partial charge on any atom is -0.314 e. The average Bonchev–Trinajstić information content (AvgIpc) is 2.33. The zero-order chi connectivity index (χ0) is 11.2. The van der Waals surface area contributed by atoms with Crippen LogP contribution in [0.25, 0.3) is 0 Å². The number of rotatable bonds is 4. The normalized spacial score (nSPS) is 20.9. The van der Waals surface area contributed by atoms with Crippen molar-refractivity contribution in [1.82, 2.24) is 10.2 Å². The van der Waals surface area contributed by atoms with Crippen molar-refractivity contribution < 1.29 is 0 Å². The van der Waals surface area contributed by atoms with Crippen LogP contribution < -0.4 is 5.32 Å². The first-order chi connectivity index (χ1) is 7.86. The fourth-order valence-electron chi connectivity index (χ4n) is 2.01. The highest BCUT2D eigenvalue weighted by Crippen LogP contribution is 2.17. The fourth-order valence-corrected chi connectivity index (χ4v) is 2.92. The second kappa shape index (κ2) is 7.98. The Kier molecular flexibility index (Phi) is 6.97. The summed E-state index contributed by atoms with van der Waals surface area (Å²) in [6.07, 6.45) is 0. The highest BCUT2D eigenvalue weighted by atomic mass is 35.5. The third-order valence-electron chi connectivity index (χ3n) is 3.03. The first-order valence-corrected chi connectivity index (χ1v) is 6.97. The lowest BCUT2D eigenvalue weighted by Crippen LogP contribution is -2.50. The van der Waals surface area contributed by atoms with Gasteiger partial charge in [-0.3, -0.25) is 4.90 Å². The Balaban J connectivity index is 0.00000144. The maximum absolute atomic E-state index is 3.42. The number of nitrogens with one attached hydrogen (secondary N) is 1. The highest BCUT2D eigenvalue weighted by Gasteiger charge is 2.16. The van der Waals surface area contributed by atoms with E-state index in [1.54, 1.807) is 0 Å². The van der Waals surface area contributed by atoms with Gasteiger partial charge in [0.2, 0.25) is 0 Å². The van der Waals surface area contributed by atoms with Gasteiger partial charge in [-0.1, -0.05) is 18.2 Å². The van der Waals surface area contributed by atoms with Crippen molar-refractivity contribution in [3.8, 4) is 0 Å². The van der Waals surface area contributed by atoms with Gasteiger partial charge in [0.25, 0.3) is 0 Å². The molecule has 0 bridgehead atoms. The largest absolute Gasteiger partial charge is 0.314 e. The summed E-state index contributed by atoms with van der Waals surface area (Å²) in [5.74, 6) is 1.19. The van der Waals surface area contributed by atoms with E-state index in [0.717, 1.165) is 13.1 Å². The van der Waals surface area contributed by atoms with Crippen LogP contribution in [0.1, 0.15) is 6.92 Å². The molecule has 1 atom stereocenters. The van der Waals surface area contributed by atoms with Gasteiger partial charge >= 0.3 is 0 Å². The molecule has 1 fully saturated rings. The van der Waals surface area contributed by atoms with E-state index in [9.17, 15) is 0 Å². The molecular formula is C13H21ClN2S. The van der Waals surface area contributed by atoms with E-state index in [1.807, 2.05) is 11.8 Å². The quantitative estimate of drug-likeness (QED) is 0.848. The fraction of sp³-hybridized carbons (Fsp3) is 0.538. The van der Waals surface area contributed by atoms with Crippen LogP contribution in [0.3, 0.4) is 0 Å². The zero-order valence-electron chi connectivity index (χ0n) is 10.3. The molecule has 4 heteroatoms. The number of hydrogen-bond acceptors (Lipinski definition) is 3. The summed E-state index contributed by atoms with van der Waals surface area (Å²) in [5.41, 5.74) is 0. The zero-order valence-corrected chi connectivity index (χ0v) is 11.9. The van der Waals surface area contributed by atoms with Gasteiger partial charge in [-0.2, -0.15) is 0 Å². The molecule has 1 aliphatic rings. The van der Waals surface area contributed by atoms with Crippen molar-refractivity contribution in [2.45, 2.75) is 17.9 Å². The molecule has 17 heavy (non-hydrogen) atoms. The van der Waals surface area contributed by atoms with Crippen molar-refractivity contribution in [3.63, 3.8) is 0 Å². The summed E-state index contributed by atoms with van der Waals surface area (Å²) in [4.78, 5) is 3.96. The first kappa shape index (κ1) is 14.8. The van der Waals surface area contributed by atoms with Gasteiger partial charge in [0.15, 0.2) is 0 Å². The molecular weight excluding hydrogens is 252 g/mol. The Hall–Kier alpha value is -0.220. The number of piperazine rings is 1. The number of benzene rings is 1. The predicted molar refractivity (Wildman–Crippen MR) is 78.3 cm³/mol. The molecule has 1 N–H and O–H groups in total. The number of halogens is 1. The SMILES string of the molecule is C[C@H]1CNCCN1CCSc1ccccc1.Cl. The molecule has 0 radical (unpaired) electrons. The maximum Gasteiger partial charge on any atom is 0.0193 e. The molecule has 0 aliphatic carbocycles. The maximum atomic E-state index is 3.42. The molecule has 0 aromatic heterocycles. The molecule has 1 heterocycles. The molecule has 0 saturated carbocycles. The lowest BCUT2D eigenvalue weighted by atomic mass is 10.2. The highest BCUT2D eigenvalue weighted by molar-refractivity contribution is 7.99. The molecule has 1 aromatic rings. The van der Waals surface area contributed by atoms with Crippen LogP contribution in [0.5, 0.6) is 0 Å². The Bertz CT molecular complexity index is 308. The van der Waals surface area contributed by atoms with Gasteiger partial charge in [0, 0.05) is 42.9 Å². The van der Waals surface area contributed by atoms with Crippen molar-refractivity contribution in [2.24, 2.45) is 0 Å². The van der Waals surface area contributed by atoms with Gasteiger partial charge in [-0.05, 0) is 19.1 Å². The van der Waals surface area contributed by atoms with Gasteiger partial charge in [-0.25, -0.2) is 0 Å². The van der Waals surface area contributed by atoms with Crippen molar-refractivity contribution in [2.75, 3.05) is 31.9 Å². The number of thioether (sulfide) groups is 1. The van der Waals surface area contributed by atoms with E-state index in [2.05, 4.69) is 47.5 Å². The van der Waals surface area contributed by atoms with E-state index in [4.69, 9.17) is 0 Å². The minimum atomic E-state index is 0. The van der Waals surface area contributed by atoms with Crippen LogP contribution in [0, 0.1) is 0 Å². The Morgan fingerprint density at radius 2 is 2.12 bits per heavy atom. The molecule has 1 saturated heterocycles. The van der Waals surface area contributed by atoms with Gasteiger partial charge in [0.05, 0.1) is 0 Å². The Morgan fingerprint density at radius 1 is 1.35 bits per heavy atom. The standard InChI is InChI=1S/C13H20N2S.ClH/c1-12-11-14-7-8-15(12)9-10-16-13-5-3-2-4-6-13;/h2-6,12,14H,7-11H2,1H3;1H/t12-;/m0./s1. The third-order valence-corrected chi connectivity index (χ3v) is 4.02. The summed E-state index contributed by atoms with van der Waals surface area (Å²) in [5, 5.41) is 3.42. The predicted octanol–water partition coefficient (Wildman–Crippen LogP) is 2.49. The summed E-state index contributed by atoms with van der Waals surface area (Å²) >= 11 is 1.95. The lowest BCUT2D eigenvalue weighted by Gasteiger charge is -2.33. The van der Waals surface area contributed by atoms with E-state index >= 15 is 0 Å². The molecule has 0 unspecified atom stereocenters. The van der Waals surface area contributed by atoms with E-state index in [1.165, 1.54) is 23.7 Å². The smallest absolute Gasteiger partial charge is 0.0193 e.